The molecular weight excluding hydrogens is 886 g/mol. The Morgan fingerprint density at radius 3 is 1.17 bits per heavy atom. The lowest BCUT2D eigenvalue weighted by molar-refractivity contribution is -0.468. The zero-order valence-electron chi connectivity index (χ0n) is 26.4. The van der Waals surface area contributed by atoms with Gasteiger partial charge in [-0.05, 0) is 78.5 Å². The molecule has 3 rings (SSSR count). The fourth-order valence-electron chi connectivity index (χ4n) is 4.58. The van der Waals surface area contributed by atoms with Crippen molar-refractivity contribution < 1.29 is 115 Å². The number of alkyl halides is 18. The number of aromatic hydroxyl groups is 1. The van der Waals surface area contributed by atoms with Gasteiger partial charge in [0.2, 0.25) is 0 Å². The third-order valence-electron chi connectivity index (χ3n) is 7.46. The summed E-state index contributed by atoms with van der Waals surface area (Å²) in [5.74, 6) is -48.2. The first kappa shape index (κ1) is 50.3. The maximum atomic E-state index is 12.8. The highest BCUT2D eigenvalue weighted by Crippen LogP contribution is 2.64. The van der Waals surface area contributed by atoms with Crippen LogP contribution in [0.4, 0.5) is 79.0 Å². The van der Waals surface area contributed by atoms with Crippen molar-refractivity contribution in [1.29, 1.82) is 0 Å². The minimum Gasteiger partial charge on any atom is -0.507 e. The van der Waals surface area contributed by atoms with Crippen LogP contribution in [0.2, 0.25) is 0 Å². The van der Waals surface area contributed by atoms with E-state index in [2.05, 4.69) is 11.8 Å². The Bertz CT molecular complexity index is 1600. The summed E-state index contributed by atoms with van der Waals surface area (Å²) in [6.07, 6.45) is -14.8. The quantitative estimate of drug-likeness (QED) is 0.0995. The molecular formula is C24H26F18O8S4. The van der Waals surface area contributed by atoms with Crippen molar-refractivity contribution in [2.45, 2.75) is 95.4 Å². The molecule has 1 aromatic carbocycles. The summed E-state index contributed by atoms with van der Waals surface area (Å²) in [5.41, 5.74) is 0.784. The molecule has 0 saturated carbocycles. The molecule has 2 unspecified atom stereocenters. The van der Waals surface area contributed by atoms with Crippen molar-refractivity contribution in [3.05, 3.63) is 23.3 Å². The number of thiol groups is 1. The third-order valence-corrected chi connectivity index (χ3v) is 17.2. The summed E-state index contributed by atoms with van der Waals surface area (Å²) in [4.78, 5) is 0.250. The fourth-order valence-corrected chi connectivity index (χ4v) is 13.6. The Balaban J connectivity index is 0.000000478. The van der Waals surface area contributed by atoms with E-state index >= 15 is 0 Å². The van der Waals surface area contributed by atoms with Crippen LogP contribution in [0.3, 0.4) is 0 Å². The van der Waals surface area contributed by atoms with Crippen molar-refractivity contribution in [2.24, 2.45) is 0 Å². The second-order valence-electron chi connectivity index (χ2n) is 11.2. The number of rotatable bonds is 8. The molecule has 2 saturated heterocycles. The van der Waals surface area contributed by atoms with Crippen molar-refractivity contribution in [1.82, 2.24) is 0 Å². The molecule has 0 amide bonds. The predicted octanol–water partition coefficient (Wildman–Crippen LogP) is 8.00. The van der Waals surface area contributed by atoms with E-state index in [9.17, 15) is 115 Å². The highest BCUT2D eigenvalue weighted by atomic mass is 32.3. The second-order valence-corrected chi connectivity index (χ2v) is 19.0. The molecule has 0 spiro atoms. The topological polar surface area (TPSA) is 149 Å². The molecule has 2 aliphatic heterocycles. The molecule has 0 bridgehead atoms. The van der Waals surface area contributed by atoms with Crippen LogP contribution in [-0.4, -0.2) is 111 Å². The van der Waals surface area contributed by atoms with Gasteiger partial charge in [-0.15, -0.1) is 0 Å². The second kappa shape index (κ2) is 15.5. The van der Waals surface area contributed by atoms with Gasteiger partial charge in [-0.1, -0.05) is 0 Å². The normalized spacial score (nSPS) is 21.5. The number of hydrogen-bond donors (Lipinski definition) is 5. The van der Waals surface area contributed by atoms with Crippen LogP contribution in [-0.2, 0) is 20.2 Å². The number of hydrogen-bond acceptors (Lipinski definition) is 7. The SMILES string of the molecule is C1CCSC1.Cc1cc([SH]2CCC(O)C2(S(=O)(=O)O)S(=O)(=O)O)cc(C)c1O.FC(F)(F)C(F)(F)C(F)(F)C(F)(F)C(F)(F)C(F)(F)C(F)(F)C(F)(F)F. The predicted molar refractivity (Wildman–Crippen MR) is 155 cm³/mol. The van der Waals surface area contributed by atoms with E-state index in [-0.39, 0.29) is 22.8 Å². The molecule has 54 heavy (non-hydrogen) atoms. The van der Waals surface area contributed by atoms with Gasteiger partial charge >= 0.3 is 47.9 Å². The molecule has 4 N–H and O–H groups in total. The van der Waals surface area contributed by atoms with Gasteiger partial charge in [-0.3, -0.25) is 9.11 Å². The summed E-state index contributed by atoms with van der Waals surface area (Å²) in [6.45, 7) is 3.10. The number of aliphatic hydroxyl groups is 1. The molecule has 320 valence electrons. The van der Waals surface area contributed by atoms with Crippen LogP contribution < -0.4 is 0 Å². The Morgan fingerprint density at radius 2 is 0.926 bits per heavy atom. The number of aliphatic hydroxyl groups excluding tert-OH is 1. The minimum atomic E-state index is -8.72. The van der Waals surface area contributed by atoms with E-state index in [4.69, 9.17) is 0 Å². The lowest BCUT2D eigenvalue weighted by atomic mass is 9.91. The zero-order chi connectivity index (χ0) is 43.3. The summed E-state index contributed by atoms with van der Waals surface area (Å²) in [5, 5.41) is 19.8. The highest BCUT2D eigenvalue weighted by molar-refractivity contribution is 8.35. The van der Waals surface area contributed by atoms with Crippen molar-refractivity contribution in [3.8, 4) is 5.75 Å². The Hall–Kier alpha value is -1.76. The van der Waals surface area contributed by atoms with E-state index in [0.29, 0.717) is 11.1 Å². The van der Waals surface area contributed by atoms with Gasteiger partial charge in [0.25, 0.3) is 23.6 Å². The van der Waals surface area contributed by atoms with E-state index in [1.54, 1.807) is 13.8 Å². The largest absolute Gasteiger partial charge is 0.507 e. The third kappa shape index (κ3) is 8.29. The molecule has 2 aliphatic rings. The number of thioether (sulfide) groups is 1. The lowest BCUT2D eigenvalue weighted by Gasteiger charge is -2.41. The fraction of sp³-hybridized carbons (Fsp3) is 0.750. The molecule has 0 radical (unpaired) electrons. The molecule has 0 aromatic heterocycles. The molecule has 30 heteroatoms. The molecule has 1 aromatic rings. The molecule has 2 atom stereocenters. The Labute approximate surface area is 299 Å². The van der Waals surface area contributed by atoms with E-state index in [0.717, 1.165) is 0 Å². The number of halogens is 18. The van der Waals surface area contributed by atoms with Gasteiger partial charge in [0.15, 0.2) is 0 Å². The Kier molecular flexibility index (Phi) is 14.5. The van der Waals surface area contributed by atoms with Crippen LogP contribution in [0, 0.1) is 13.8 Å². The first-order chi connectivity index (χ1) is 23.6. The van der Waals surface area contributed by atoms with Gasteiger partial charge in [0, 0.05) is 0 Å². The zero-order valence-corrected chi connectivity index (χ0v) is 29.7. The highest BCUT2D eigenvalue weighted by Gasteiger charge is 2.95. The molecule has 0 aliphatic carbocycles. The molecule has 8 nitrogen and oxygen atoms in total. The Morgan fingerprint density at radius 1 is 0.630 bits per heavy atom. The minimum absolute atomic E-state index is 0.0142. The van der Waals surface area contributed by atoms with Gasteiger partial charge in [0.1, 0.15) is 11.9 Å². The standard InChI is InChI=1S/C12H18O8S3.C8F18.C4H8S/c1-7-5-9(6-8(2)11(7)14)21-4-3-10(13)12(21,22(15,16)17)23(18,19)20;9-1(10,3(13,14)5(17,18)7(21,22)23)2(11,12)4(15,16)6(19,20)8(24,25)26;1-2-4-5-3-1/h5-6,10,13-14,21H,3-4H2,1-2H3,(H,15,16,17)(H,18,19,20);;1-4H2. The molecule has 2 heterocycles. The monoisotopic (exact) mass is 912 g/mol. The van der Waals surface area contributed by atoms with Crippen molar-refractivity contribution in [3.63, 3.8) is 0 Å². The van der Waals surface area contributed by atoms with Gasteiger partial charge in [-0.25, -0.2) is 0 Å². The number of aryl methyl sites for hydroxylation is 2. The van der Waals surface area contributed by atoms with Crippen LogP contribution in [0.1, 0.15) is 30.4 Å². The smallest absolute Gasteiger partial charge is 0.460 e. The van der Waals surface area contributed by atoms with Gasteiger partial charge < -0.3 is 10.2 Å². The maximum absolute atomic E-state index is 12.8. The van der Waals surface area contributed by atoms with Crippen LogP contribution in [0.15, 0.2) is 17.0 Å². The number of benzene rings is 1. The summed E-state index contributed by atoms with van der Waals surface area (Å²) >= 11 is 2.07. The van der Waals surface area contributed by atoms with E-state index < -0.39 is 88.5 Å². The lowest BCUT2D eigenvalue weighted by Crippen LogP contribution is -2.74. The summed E-state index contributed by atoms with van der Waals surface area (Å²) in [7, 11) is -12.8. The first-order valence-electron chi connectivity index (χ1n) is 13.8. The average molecular weight is 913 g/mol. The number of phenolic OH excluding ortho intramolecular Hbond substituents is 1. The average Bonchev–Trinajstić information content (AvgIpc) is 3.66. The van der Waals surface area contributed by atoms with Gasteiger partial charge in [-0.2, -0.15) is 119 Å². The van der Waals surface area contributed by atoms with Gasteiger partial charge in [0.05, 0.1) is 0 Å². The van der Waals surface area contributed by atoms with Crippen molar-refractivity contribution in [2.75, 3.05) is 17.3 Å². The van der Waals surface area contributed by atoms with E-state index in [1.807, 2.05) is 0 Å². The van der Waals surface area contributed by atoms with Crippen LogP contribution in [0.5, 0.6) is 5.75 Å². The van der Waals surface area contributed by atoms with Crippen molar-refractivity contribution >= 4 is 42.9 Å². The molecule has 2 fully saturated rings. The summed E-state index contributed by atoms with van der Waals surface area (Å²) in [6, 6.07) is 2.80. The van der Waals surface area contributed by atoms with E-state index in [1.165, 1.54) is 36.5 Å². The first-order valence-corrected chi connectivity index (χ1v) is 19.3. The van der Waals surface area contributed by atoms with Crippen LogP contribution in [0.25, 0.3) is 0 Å². The number of phenols is 1. The summed E-state index contributed by atoms with van der Waals surface area (Å²) < 4.78 is 284. The van der Waals surface area contributed by atoms with Crippen LogP contribution >= 0.6 is 22.7 Å². The maximum Gasteiger partial charge on any atom is 0.460 e.